The Labute approximate surface area is 583 Å². The molecule has 6 nitrogen and oxygen atoms in total. The van der Waals surface area contributed by atoms with Gasteiger partial charge in [-0.2, -0.15) is 0 Å². The summed E-state index contributed by atoms with van der Waals surface area (Å²) < 4.78 is 5.53. The van der Waals surface area contributed by atoms with Crippen LogP contribution in [-0.4, -0.2) is 47.4 Å². The summed E-state index contributed by atoms with van der Waals surface area (Å²) in [6, 6.07) is -0.626. The van der Waals surface area contributed by atoms with Gasteiger partial charge in [-0.3, -0.25) is 9.59 Å². The second-order valence-corrected chi connectivity index (χ2v) is 29.9. The largest absolute Gasteiger partial charge is 0.466 e. The third kappa shape index (κ3) is 79.2. The average Bonchev–Trinajstić information content (AvgIpc) is 3.78. The molecule has 1 amide bonds. The molecule has 0 aromatic rings. The molecule has 2 atom stereocenters. The van der Waals surface area contributed by atoms with Gasteiger partial charge in [0.1, 0.15) is 0 Å². The highest BCUT2D eigenvalue weighted by Crippen LogP contribution is 2.21. The number of hydrogen-bond donors (Lipinski definition) is 3. The molecule has 0 aromatic heterocycles. The van der Waals surface area contributed by atoms with E-state index in [0.717, 1.165) is 38.5 Å². The zero-order valence-corrected chi connectivity index (χ0v) is 63.5. The van der Waals surface area contributed by atoms with Gasteiger partial charge in [-0.05, 0) is 57.8 Å². The number of ether oxygens (including phenoxy) is 1. The number of carbonyl (C=O) groups excluding carboxylic acids is 2. The van der Waals surface area contributed by atoms with Gasteiger partial charge in [-0.25, -0.2) is 0 Å². The van der Waals surface area contributed by atoms with Gasteiger partial charge in [0.25, 0.3) is 0 Å². The molecule has 0 rings (SSSR count). The van der Waals surface area contributed by atoms with E-state index in [0.29, 0.717) is 19.4 Å². The van der Waals surface area contributed by atoms with E-state index in [4.69, 9.17) is 4.74 Å². The van der Waals surface area contributed by atoms with Crippen molar-refractivity contribution in [3.8, 4) is 0 Å². The maximum absolute atomic E-state index is 12.6. The highest BCUT2D eigenvalue weighted by atomic mass is 16.5. The van der Waals surface area contributed by atoms with E-state index in [1.165, 1.54) is 430 Å². The lowest BCUT2D eigenvalue weighted by molar-refractivity contribution is -0.143. The summed E-state index contributed by atoms with van der Waals surface area (Å²) in [6.07, 6.45) is 108. The first-order valence-electron chi connectivity index (χ1n) is 43.1. The van der Waals surface area contributed by atoms with Gasteiger partial charge < -0.3 is 20.3 Å². The smallest absolute Gasteiger partial charge is 0.305 e. The Morgan fingerprint density at radius 3 is 0.763 bits per heavy atom. The fourth-order valence-corrected chi connectivity index (χ4v) is 13.9. The summed E-state index contributed by atoms with van der Waals surface area (Å²) in [6.45, 7) is 4.97. The Bertz CT molecular complexity index is 1460. The first kappa shape index (κ1) is 91.3. The Kier molecular flexibility index (Phi) is 81.3. The number of allylic oxidation sites excluding steroid dienone is 3. The molecule has 552 valence electrons. The zero-order chi connectivity index (χ0) is 67.0. The van der Waals surface area contributed by atoms with Crippen molar-refractivity contribution in [1.29, 1.82) is 0 Å². The minimum absolute atomic E-state index is 0.0261. The van der Waals surface area contributed by atoms with E-state index in [9.17, 15) is 19.8 Å². The van der Waals surface area contributed by atoms with E-state index in [1.807, 2.05) is 6.08 Å². The molecule has 0 saturated heterocycles. The van der Waals surface area contributed by atoms with Crippen molar-refractivity contribution in [2.45, 2.75) is 508 Å². The molecular weight excluding hydrogens is 1140 g/mol. The predicted molar refractivity (Wildman–Crippen MR) is 412 cm³/mol. The van der Waals surface area contributed by atoms with Gasteiger partial charge in [0, 0.05) is 12.8 Å². The molecule has 3 N–H and O–H groups in total. The topological polar surface area (TPSA) is 95.9 Å². The van der Waals surface area contributed by atoms with Crippen LogP contribution in [0.2, 0.25) is 0 Å². The lowest BCUT2D eigenvalue weighted by Gasteiger charge is -2.20. The number of nitrogens with one attached hydrogen (secondary N) is 1. The number of aliphatic hydroxyl groups excluding tert-OH is 2. The van der Waals surface area contributed by atoms with Gasteiger partial charge in [0.05, 0.1) is 25.4 Å². The summed E-state index contributed by atoms with van der Waals surface area (Å²) in [5, 5.41) is 23.3. The Morgan fingerprint density at radius 2 is 0.505 bits per heavy atom. The fourth-order valence-electron chi connectivity index (χ4n) is 13.9. The molecule has 0 spiro atoms. The van der Waals surface area contributed by atoms with Gasteiger partial charge in [-0.1, -0.05) is 449 Å². The lowest BCUT2D eigenvalue weighted by atomic mass is 10.0. The van der Waals surface area contributed by atoms with Crippen LogP contribution in [0.3, 0.4) is 0 Å². The number of rotatable bonds is 82. The molecule has 0 fully saturated rings. The third-order valence-electron chi connectivity index (χ3n) is 20.5. The number of carbonyl (C=O) groups is 2. The summed E-state index contributed by atoms with van der Waals surface area (Å²) in [5.74, 6) is -0.0329. The average molecular weight is 1310 g/mol. The summed E-state index contributed by atoms with van der Waals surface area (Å²) in [7, 11) is 0. The monoisotopic (exact) mass is 1310 g/mol. The maximum atomic E-state index is 12.6. The van der Waals surface area contributed by atoms with Crippen LogP contribution in [0.25, 0.3) is 0 Å². The highest BCUT2D eigenvalue weighted by Gasteiger charge is 2.18. The van der Waals surface area contributed by atoms with Gasteiger partial charge in [0.15, 0.2) is 0 Å². The summed E-state index contributed by atoms with van der Waals surface area (Å²) in [5.41, 5.74) is 0. The minimum Gasteiger partial charge on any atom is -0.466 e. The van der Waals surface area contributed by atoms with Crippen LogP contribution in [0.4, 0.5) is 0 Å². The van der Waals surface area contributed by atoms with Crippen LogP contribution >= 0.6 is 0 Å². The third-order valence-corrected chi connectivity index (χ3v) is 20.5. The van der Waals surface area contributed by atoms with Crippen molar-refractivity contribution < 1.29 is 24.5 Å². The second-order valence-electron chi connectivity index (χ2n) is 29.9. The van der Waals surface area contributed by atoms with Crippen molar-refractivity contribution >= 4 is 11.9 Å². The molecule has 0 bridgehead atoms. The molecule has 0 radical (unpaired) electrons. The van der Waals surface area contributed by atoms with Crippen molar-refractivity contribution in [3.05, 3.63) is 24.3 Å². The molecule has 0 aromatic carbocycles. The summed E-state index contributed by atoms with van der Waals surface area (Å²) in [4.78, 5) is 24.7. The molecule has 0 heterocycles. The van der Waals surface area contributed by atoms with Crippen LogP contribution in [0.5, 0.6) is 0 Å². The number of amides is 1. The summed E-state index contributed by atoms with van der Waals surface area (Å²) >= 11 is 0. The van der Waals surface area contributed by atoms with Crippen LogP contribution in [0, 0.1) is 0 Å². The minimum atomic E-state index is -0.843. The quantitative estimate of drug-likeness (QED) is 0.0320. The Morgan fingerprint density at radius 1 is 0.290 bits per heavy atom. The standard InChI is InChI=1S/C87H169NO5/c1-3-5-7-9-11-13-15-17-19-21-23-24-40-44-47-51-55-59-63-67-71-75-79-85(90)84(83-89)88-86(91)80-76-72-68-64-60-56-52-48-45-41-38-36-34-32-30-28-26-25-27-29-31-33-35-37-39-42-46-50-54-58-62-66-70-74-78-82-93-87(92)81-77-73-69-65-61-57-53-49-43-22-20-18-16-14-12-10-8-6-4-2/h27,29,75,79,84-85,89-90H,3-26,28,30-74,76-78,80-83H2,1-2H3,(H,88,91)/b29-27-,79-75+. The van der Waals surface area contributed by atoms with Crippen molar-refractivity contribution in [3.63, 3.8) is 0 Å². The van der Waals surface area contributed by atoms with E-state index in [-0.39, 0.29) is 18.5 Å². The number of unbranched alkanes of at least 4 members (excludes halogenated alkanes) is 69. The number of aliphatic hydroxyl groups is 2. The van der Waals surface area contributed by atoms with Gasteiger partial charge in [-0.15, -0.1) is 0 Å². The van der Waals surface area contributed by atoms with E-state index in [2.05, 4.69) is 31.3 Å². The molecule has 0 saturated carbocycles. The highest BCUT2D eigenvalue weighted by molar-refractivity contribution is 5.76. The molecule has 0 aliphatic heterocycles. The van der Waals surface area contributed by atoms with Crippen molar-refractivity contribution in [2.75, 3.05) is 13.2 Å². The number of esters is 1. The second kappa shape index (κ2) is 82.8. The van der Waals surface area contributed by atoms with E-state index < -0.39 is 12.1 Å². The zero-order valence-electron chi connectivity index (χ0n) is 63.5. The molecule has 0 aliphatic carbocycles. The fraction of sp³-hybridized carbons (Fsp3) is 0.931. The number of hydrogen-bond acceptors (Lipinski definition) is 5. The van der Waals surface area contributed by atoms with Crippen LogP contribution in [-0.2, 0) is 14.3 Å². The molecule has 2 unspecified atom stereocenters. The van der Waals surface area contributed by atoms with Crippen LogP contribution < -0.4 is 5.32 Å². The molecular formula is C87H169NO5. The van der Waals surface area contributed by atoms with Gasteiger partial charge >= 0.3 is 5.97 Å². The first-order chi connectivity index (χ1) is 46.0. The van der Waals surface area contributed by atoms with Crippen LogP contribution in [0.15, 0.2) is 24.3 Å². The van der Waals surface area contributed by atoms with Gasteiger partial charge in [0.2, 0.25) is 5.91 Å². The Hall–Kier alpha value is -1.66. The molecule has 93 heavy (non-hydrogen) atoms. The lowest BCUT2D eigenvalue weighted by Crippen LogP contribution is -2.45. The van der Waals surface area contributed by atoms with E-state index in [1.54, 1.807) is 6.08 Å². The Balaban J connectivity index is 3.34. The molecule has 6 heteroatoms. The molecule has 0 aliphatic rings. The normalized spacial score (nSPS) is 12.5. The predicted octanol–water partition coefficient (Wildman–Crippen LogP) is 28.8. The SMILES string of the molecule is CCCCCCCCCCCCCCCCCCCCCC/C=C/C(O)C(CO)NC(=O)CCCCCCCCCCCCCCCCCCC/C=C\CCCCCCCCCCCCCCCCOC(=O)CCCCCCCCCCCCCCCCCCCCC. The van der Waals surface area contributed by atoms with E-state index >= 15 is 0 Å². The maximum Gasteiger partial charge on any atom is 0.305 e. The van der Waals surface area contributed by atoms with Crippen molar-refractivity contribution in [2.24, 2.45) is 0 Å². The van der Waals surface area contributed by atoms with Crippen LogP contribution in [0.1, 0.15) is 495 Å². The van der Waals surface area contributed by atoms with Crippen molar-refractivity contribution in [1.82, 2.24) is 5.32 Å². The first-order valence-corrected chi connectivity index (χ1v) is 43.1.